The van der Waals surface area contributed by atoms with E-state index in [1.54, 1.807) is 5.57 Å². The van der Waals surface area contributed by atoms with Crippen molar-refractivity contribution in [1.82, 2.24) is 0 Å². The first kappa shape index (κ1) is 14.1. The van der Waals surface area contributed by atoms with Crippen LogP contribution in [0.3, 0.4) is 0 Å². The molecule has 0 saturated heterocycles. The molecular formula is C21H24. The van der Waals surface area contributed by atoms with Crippen LogP contribution in [-0.4, -0.2) is 0 Å². The molecule has 0 fully saturated rings. The smallest absolute Gasteiger partial charge is 0.00550 e. The minimum Gasteiger partial charge on any atom is -0.0626 e. The number of allylic oxidation sites excluding steroid dienone is 1. The molecule has 0 aliphatic heterocycles. The van der Waals surface area contributed by atoms with Gasteiger partial charge in [0, 0.05) is 0 Å². The lowest BCUT2D eigenvalue weighted by molar-refractivity contribution is 0.754. The number of fused-ring (bicyclic) bond motifs is 1. The molecule has 0 nitrogen and oxygen atoms in total. The van der Waals surface area contributed by atoms with E-state index in [-0.39, 0.29) is 0 Å². The summed E-state index contributed by atoms with van der Waals surface area (Å²) >= 11 is 0. The van der Waals surface area contributed by atoms with Gasteiger partial charge in [-0.1, -0.05) is 81.8 Å². The number of rotatable bonds is 3. The molecule has 0 aromatic heterocycles. The molecule has 0 bridgehead atoms. The van der Waals surface area contributed by atoms with E-state index in [0.29, 0.717) is 11.8 Å². The average molecular weight is 276 g/mol. The van der Waals surface area contributed by atoms with Crippen LogP contribution in [0.15, 0.2) is 48.0 Å². The Morgan fingerprint density at radius 2 is 1.48 bits per heavy atom. The summed E-state index contributed by atoms with van der Waals surface area (Å²) in [5.74, 6) is 1.18. The van der Waals surface area contributed by atoms with Gasteiger partial charge in [-0.05, 0) is 46.1 Å². The van der Waals surface area contributed by atoms with Gasteiger partial charge in [0.05, 0.1) is 0 Å². The summed E-state index contributed by atoms with van der Waals surface area (Å²) in [7, 11) is 0. The highest BCUT2D eigenvalue weighted by Crippen LogP contribution is 2.38. The van der Waals surface area contributed by atoms with Crippen molar-refractivity contribution in [3.8, 4) is 11.1 Å². The molecule has 0 heteroatoms. The van der Waals surface area contributed by atoms with Crippen LogP contribution in [0.1, 0.15) is 50.3 Å². The summed E-state index contributed by atoms with van der Waals surface area (Å²) in [6.07, 6.45) is 3.54. The van der Waals surface area contributed by atoms with Gasteiger partial charge in [0.2, 0.25) is 0 Å². The first-order chi connectivity index (χ1) is 10.1. The quantitative estimate of drug-likeness (QED) is 0.638. The zero-order valence-corrected chi connectivity index (χ0v) is 13.5. The van der Waals surface area contributed by atoms with E-state index in [1.165, 1.54) is 27.8 Å². The van der Waals surface area contributed by atoms with Crippen LogP contribution < -0.4 is 0 Å². The van der Waals surface area contributed by atoms with Gasteiger partial charge in [0.15, 0.2) is 0 Å². The number of benzene rings is 2. The first-order valence-electron chi connectivity index (χ1n) is 7.99. The minimum absolute atomic E-state index is 0.548. The molecule has 0 unspecified atom stereocenters. The van der Waals surface area contributed by atoms with Crippen molar-refractivity contribution in [3.05, 3.63) is 64.7 Å². The van der Waals surface area contributed by atoms with Crippen molar-refractivity contribution >= 4 is 6.08 Å². The highest BCUT2D eigenvalue weighted by Gasteiger charge is 2.19. The molecule has 21 heavy (non-hydrogen) atoms. The third-order valence-corrected chi connectivity index (χ3v) is 4.54. The van der Waals surface area contributed by atoms with Gasteiger partial charge < -0.3 is 0 Å². The van der Waals surface area contributed by atoms with Crippen molar-refractivity contribution in [2.75, 3.05) is 0 Å². The second kappa shape index (κ2) is 5.52. The topological polar surface area (TPSA) is 0 Å². The SMILES string of the molecule is CC(C)C1=Cc2c(cccc2-c2ccccc2C(C)C)C1. The first-order valence-corrected chi connectivity index (χ1v) is 7.99. The molecule has 2 aromatic carbocycles. The number of hydrogen-bond donors (Lipinski definition) is 0. The summed E-state index contributed by atoms with van der Waals surface area (Å²) < 4.78 is 0. The van der Waals surface area contributed by atoms with Crippen LogP contribution in [0, 0.1) is 5.92 Å². The Kier molecular flexibility index (Phi) is 3.71. The molecule has 0 amide bonds. The zero-order chi connectivity index (χ0) is 15.0. The summed E-state index contributed by atoms with van der Waals surface area (Å²) in [6, 6.07) is 15.6. The molecule has 108 valence electrons. The van der Waals surface area contributed by atoms with E-state index in [4.69, 9.17) is 0 Å². The van der Waals surface area contributed by atoms with Gasteiger partial charge in [-0.15, -0.1) is 0 Å². The summed E-state index contributed by atoms with van der Waals surface area (Å²) in [5.41, 5.74) is 8.71. The number of hydrogen-bond acceptors (Lipinski definition) is 0. The summed E-state index contributed by atoms with van der Waals surface area (Å²) in [4.78, 5) is 0. The Morgan fingerprint density at radius 3 is 2.19 bits per heavy atom. The lowest BCUT2D eigenvalue weighted by Gasteiger charge is -2.15. The molecule has 3 rings (SSSR count). The fourth-order valence-corrected chi connectivity index (χ4v) is 3.25. The molecule has 0 radical (unpaired) electrons. The lowest BCUT2D eigenvalue weighted by Crippen LogP contribution is -1.95. The Balaban J connectivity index is 2.17. The van der Waals surface area contributed by atoms with Gasteiger partial charge in [-0.2, -0.15) is 0 Å². The van der Waals surface area contributed by atoms with Gasteiger partial charge in [-0.25, -0.2) is 0 Å². The molecule has 0 N–H and O–H groups in total. The second-order valence-electron chi connectivity index (χ2n) is 6.67. The van der Waals surface area contributed by atoms with Gasteiger partial charge in [0.25, 0.3) is 0 Å². The Bertz CT molecular complexity index is 687. The second-order valence-corrected chi connectivity index (χ2v) is 6.67. The Morgan fingerprint density at radius 1 is 0.762 bits per heavy atom. The third-order valence-electron chi connectivity index (χ3n) is 4.54. The van der Waals surface area contributed by atoms with E-state index in [9.17, 15) is 0 Å². The fraction of sp³-hybridized carbons (Fsp3) is 0.333. The van der Waals surface area contributed by atoms with Crippen LogP contribution in [0.25, 0.3) is 17.2 Å². The van der Waals surface area contributed by atoms with E-state index in [2.05, 4.69) is 76.2 Å². The van der Waals surface area contributed by atoms with Gasteiger partial charge in [-0.3, -0.25) is 0 Å². The van der Waals surface area contributed by atoms with Crippen molar-refractivity contribution in [3.63, 3.8) is 0 Å². The normalized spacial score (nSPS) is 13.7. The summed E-state index contributed by atoms with van der Waals surface area (Å²) in [5, 5.41) is 0. The predicted octanol–water partition coefficient (Wildman–Crippen LogP) is 6.07. The highest BCUT2D eigenvalue weighted by molar-refractivity contribution is 5.82. The standard InChI is InChI=1S/C21H24/c1-14(2)17-12-16-8-7-11-20(21(16)13-17)19-10-6-5-9-18(19)15(3)4/h5-11,13-15H,12H2,1-4H3. The maximum absolute atomic E-state index is 2.42. The molecule has 0 heterocycles. The average Bonchev–Trinajstić information content (AvgIpc) is 2.91. The molecule has 1 aliphatic carbocycles. The third kappa shape index (κ3) is 2.55. The van der Waals surface area contributed by atoms with E-state index in [1.807, 2.05) is 0 Å². The van der Waals surface area contributed by atoms with Crippen molar-refractivity contribution < 1.29 is 0 Å². The highest BCUT2D eigenvalue weighted by atomic mass is 14.2. The fourth-order valence-electron chi connectivity index (χ4n) is 3.25. The van der Waals surface area contributed by atoms with Crippen molar-refractivity contribution in [2.45, 2.75) is 40.0 Å². The maximum atomic E-state index is 2.42. The van der Waals surface area contributed by atoms with Gasteiger partial charge >= 0.3 is 0 Å². The predicted molar refractivity (Wildman–Crippen MR) is 92.5 cm³/mol. The Hall–Kier alpha value is -1.82. The van der Waals surface area contributed by atoms with Gasteiger partial charge in [0.1, 0.15) is 0 Å². The molecule has 0 atom stereocenters. The van der Waals surface area contributed by atoms with Crippen LogP contribution >= 0.6 is 0 Å². The molecule has 2 aromatic rings. The van der Waals surface area contributed by atoms with E-state index < -0.39 is 0 Å². The van der Waals surface area contributed by atoms with Crippen LogP contribution in [0.5, 0.6) is 0 Å². The Labute approximate surface area is 128 Å². The molecular weight excluding hydrogens is 252 g/mol. The molecule has 0 saturated carbocycles. The zero-order valence-electron chi connectivity index (χ0n) is 13.5. The van der Waals surface area contributed by atoms with E-state index >= 15 is 0 Å². The summed E-state index contributed by atoms with van der Waals surface area (Å²) in [6.45, 7) is 9.13. The van der Waals surface area contributed by atoms with Crippen LogP contribution in [0.2, 0.25) is 0 Å². The van der Waals surface area contributed by atoms with Crippen molar-refractivity contribution in [1.29, 1.82) is 0 Å². The lowest BCUT2D eigenvalue weighted by atomic mass is 9.89. The van der Waals surface area contributed by atoms with Crippen LogP contribution in [-0.2, 0) is 6.42 Å². The minimum atomic E-state index is 0.548. The van der Waals surface area contributed by atoms with Crippen LogP contribution in [0.4, 0.5) is 0 Å². The van der Waals surface area contributed by atoms with E-state index in [0.717, 1.165) is 6.42 Å². The largest absolute Gasteiger partial charge is 0.0626 e. The molecule has 1 aliphatic rings. The van der Waals surface area contributed by atoms with Crippen molar-refractivity contribution in [2.24, 2.45) is 5.92 Å². The molecule has 0 spiro atoms. The maximum Gasteiger partial charge on any atom is -0.00550 e. The monoisotopic (exact) mass is 276 g/mol.